The number of nitrogens with zero attached hydrogens (tertiary/aromatic N) is 3. The van der Waals surface area contributed by atoms with Crippen molar-refractivity contribution in [2.75, 3.05) is 10.6 Å². The molecule has 6 nitrogen and oxygen atoms in total. The zero-order chi connectivity index (χ0) is 15.5. The van der Waals surface area contributed by atoms with E-state index in [1.165, 1.54) is 12.4 Å². The number of anilines is 4. The lowest BCUT2D eigenvalue weighted by molar-refractivity contribution is 0.400. The maximum absolute atomic E-state index is 13.6. The van der Waals surface area contributed by atoms with Crippen molar-refractivity contribution in [2.45, 2.75) is 6.92 Å². The van der Waals surface area contributed by atoms with Gasteiger partial charge in [-0.2, -0.15) is 0 Å². The maximum atomic E-state index is 13.6. The molecule has 0 aliphatic rings. The highest BCUT2D eigenvalue weighted by Crippen LogP contribution is 2.21. The Morgan fingerprint density at radius 3 is 2.41 bits per heavy atom. The van der Waals surface area contributed by atoms with Crippen LogP contribution in [0.1, 0.15) is 5.76 Å². The summed E-state index contributed by atoms with van der Waals surface area (Å²) >= 11 is 0. The van der Waals surface area contributed by atoms with Crippen LogP contribution in [-0.4, -0.2) is 15.1 Å². The fourth-order valence-electron chi connectivity index (χ4n) is 1.78. The fraction of sp³-hybridized carbons (Fsp3) is 0.0714. The highest BCUT2D eigenvalue weighted by atomic mass is 19.1. The van der Waals surface area contributed by atoms with Gasteiger partial charge in [0.05, 0.1) is 5.69 Å². The van der Waals surface area contributed by atoms with Gasteiger partial charge in [0, 0.05) is 18.2 Å². The molecule has 2 N–H and O–H groups in total. The average Bonchev–Trinajstić information content (AvgIpc) is 2.88. The molecule has 0 unspecified atom stereocenters. The van der Waals surface area contributed by atoms with Crippen LogP contribution in [0.2, 0.25) is 0 Å². The summed E-state index contributed by atoms with van der Waals surface area (Å²) in [6.45, 7) is 1.77. The zero-order valence-corrected chi connectivity index (χ0v) is 11.5. The monoisotopic (exact) mass is 303 g/mol. The molecule has 112 valence electrons. The molecular formula is C14H11F2N5O. The molecule has 22 heavy (non-hydrogen) atoms. The molecule has 0 aliphatic heterocycles. The van der Waals surface area contributed by atoms with E-state index >= 15 is 0 Å². The van der Waals surface area contributed by atoms with E-state index in [4.69, 9.17) is 4.52 Å². The molecule has 8 heteroatoms. The summed E-state index contributed by atoms with van der Waals surface area (Å²) in [5, 5.41) is 9.46. The van der Waals surface area contributed by atoms with Crippen molar-refractivity contribution in [1.29, 1.82) is 0 Å². The number of halogens is 2. The number of hydrogen-bond acceptors (Lipinski definition) is 6. The van der Waals surface area contributed by atoms with Crippen molar-refractivity contribution in [3.8, 4) is 0 Å². The Kier molecular flexibility index (Phi) is 3.65. The molecule has 0 atom stereocenters. The average molecular weight is 303 g/mol. The summed E-state index contributed by atoms with van der Waals surface area (Å²) in [4.78, 5) is 8.00. The van der Waals surface area contributed by atoms with Gasteiger partial charge in [0.1, 0.15) is 35.4 Å². The van der Waals surface area contributed by atoms with Crippen LogP contribution >= 0.6 is 0 Å². The molecule has 0 radical (unpaired) electrons. The molecule has 0 fully saturated rings. The van der Waals surface area contributed by atoms with Gasteiger partial charge >= 0.3 is 0 Å². The van der Waals surface area contributed by atoms with Crippen molar-refractivity contribution in [2.24, 2.45) is 0 Å². The Labute approximate surface area is 124 Å². The van der Waals surface area contributed by atoms with Gasteiger partial charge in [-0.05, 0) is 19.1 Å². The Bertz CT molecular complexity index is 805. The number of aryl methyl sites for hydroxylation is 1. The SMILES string of the molecule is Cc1cc(Nc2cc(Nc3ccc(F)cc3F)ncn2)no1. The first-order valence-electron chi connectivity index (χ1n) is 6.34. The van der Waals surface area contributed by atoms with Gasteiger partial charge in [0.25, 0.3) is 0 Å². The van der Waals surface area contributed by atoms with Gasteiger partial charge in [0.15, 0.2) is 5.82 Å². The highest BCUT2D eigenvalue weighted by molar-refractivity contribution is 5.61. The highest BCUT2D eigenvalue weighted by Gasteiger charge is 2.07. The van der Waals surface area contributed by atoms with Crippen LogP contribution in [0.25, 0.3) is 0 Å². The minimum atomic E-state index is -0.708. The number of nitrogens with one attached hydrogen (secondary N) is 2. The number of hydrogen-bond donors (Lipinski definition) is 2. The van der Waals surface area contributed by atoms with Crippen molar-refractivity contribution in [3.63, 3.8) is 0 Å². The van der Waals surface area contributed by atoms with E-state index in [9.17, 15) is 8.78 Å². The molecule has 1 aromatic carbocycles. The maximum Gasteiger partial charge on any atom is 0.175 e. The molecule has 3 aromatic rings. The van der Waals surface area contributed by atoms with Crippen LogP contribution in [0.15, 0.2) is 41.2 Å². The first-order chi connectivity index (χ1) is 10.6. The topological polar surface area (TPSA) is 75.9 Å². The molecule has 2 heterocycles. The van der Waals surface area contributed by atoms with Crippen molar-refractivity contribution in [1.82, 2.24) is 15.1 Å². The second-order valence-corrected chi connectivity index (χ2v) is 4.49. The van der Waals surface area contributed by atoms with Crippen LogP contribution in [-0.2, 0) is 0 Å². The summed E-state index contributed by atoms with van der Waals surface area (Å²) in [5.74, 6) is 0.602. The van der Waals surface area contributed by atoms with Gasteiger partial charge in [-0.25, -0.2) is 18.7 Å². The summed E-state index contributed by atoms with van der Waals surface area (Å²) in [5.41, 5.74) is 0.114. The first kappa shape index (κ1) is 13.9. The third-order valence-corrected chi connectivity index (χ3v) is 2.75. The second kappa shape index (κ2) is 5.76. The summed E-state index contributed by atoms with van der Waals surface area (Å²) in [6.07, 6.45) is 1.30. The molecular weight excluding hydrogens is 292 g/mol. The zero-order valence-electron chi connectivity index (χ0n) is 11.5. The quantitative estimate of drug-likeness (QED) is 0.768. The molecule has 2 aromatic heterocycles. The molecule has 0 saturated heterocycles. The predicted molar refractivity (Wildman–Crippen MR) is 76.2 cm³/mol. The summed E-state index contributed by atoms with van der Waals surface area (Å²) in [7, 11) is 0. The van der Waals surface area contributed by atoms with E-state index in [0.717, 1.165) is 12.1 Å². The molecule has 3 rings (SSSR count). The second-order valence-electron chi connectivity index (χ2n) is 4.49. The third kappa shape index (κ3) is 3.17. The Morgan fingerprint density at radius 2 is 1.73 bits per heavy atom. The van der Waals surface area contributed by atoms with Gasteiger partial charge < -0.3 is 15.2 Å². The number of aromatic nitrogens is 3. The third-order valence-electron chi connectivity index (χ3n) is 2.75. The largest absolute Gasteiger partial charge is 0.360 e. The Balaban J connectivity index is 1.78. The molecule has 0 saturated carbocycles. The van der Waals surface area contributed by atoms with Crippen LogP contribution < -0.4 is 10.6 Å². The molecule has 0 spiro atoms. The van der Waals surface area contributed by atoms with Crippen LogP contribution in [0, 0.1) is 18.6 Å². The van der Waals surface area contributed by atoms with Crippen molar-refractivity contribution in [3.05, 3.63) is 54.1 Å². The van der Waals surface area contributed by atoms with Gasteiger partial charge in [0.2, 0.25) is 0 Å². The standard InChI is InChI=1S/C14H11F2N5O/c1-8-4-14(21-22-8)20-13-6-12(17-7-18-13)19-11-3-2-9(15)5-10(11)16/h2-7H,1H3,(H2,17,18,19,20,21). The van der Waals surface area contributed by atoms with Crippen LogP contribution in [0.3, 0.4) is 0 Å². The molecule has 0 bridgehead atoms. The lowest BCUT2D eigenvalue weighted by Crippen LogP contribution is -2.00. The lowest BCUT2D eigenvalue weighted by atomic mass is 10.3. The van der Waals surface area contributed by atoms with E-state index in [-0.39, 0.29) is 5.69 Å². The van der Waals surface area contributed by atoms with Crippen molar-refractivity contribution < 1.29 is 13.3 Å². The molecule has 0 aliphatic carbocycles. The summed E-state index contributed by atoms with van der Waals surface area (Å²) < 4.78 is 31.4. The fourth-order valence-corrected chi connectivity index (χ4v) is 1.78. The van der Waals surface area contributed by atoms with E-state index in [2.05, 4.69) is 25.8 Å². The first-order valence-corrected chi connectivity index (χ1v) is 6.34. The predicted octanol–water partition coefficient (Wildman–Crippen LogP) is 3.54. The number of benzene rings is 1. The Morgan fingerprint density at radius 1 is 0.955 bits per heavy atom. The minimum absolute atomic E-state index is 0.114. The Hall–Kier alpha value is -3.03. The smallest absolute Gasteiger partial charge is 0.175 e. The van der Waals surface area contributed by atoms with Crippen molar-refractivity contribution >= 4 is 23.1 Å². The minimum Gasteiger partial charge on any atom is -0.360 e. The lowest BCUT2D eigenvalue weighted by Gasteiger charge is -2.08. The van der Waals surface area contributed by atoms with Gasteiger partial charge in [-0.3, -0.25) is 0 Å². The summed E-state index contributed by atoms with van der Waals surface area (Å²) in [6, 6.07) is 6.51. The van der Waals surface area contributed by atoms with Gasteiger partial charge in [-0.15, -0.1) is 0 Å². The van der Waals surface area contributed by atoms with Gasteiger partial charge in [-0.1, -0.05) is 5.16 Å². The molecule has 0 amide bonds. The van der Waals surface area contributed by atoms with Crippen LogP contribution in [0.5, 0.6) is 0 Å². The number of rotatable bonds is 4. The van der Waals surface area contributed by atoms with E-state index in [1.54, 1.807) is 19.1 Å². The van der Waals surface area contributed by atoms with E-state index < -0.39 is 11.6 Å². The normalized spacial score (nSPS) is 10.5. The van der Waals surface area contributed by atoms with E-state index in [1.807, 2.05) is 0 Å². The van der Waals surface area contributed by atoms with E-state index in [0.29, 0.717) is 23.2 Å². The van der Waals surface area contributed by atoms with Crippen LogP contribution in [0.4, 0.5) is 31.9 Å².